The molecule has 21 heavy (non-hydrogen) atoms. The zero-order valence-corrected chi connectivity index (χ0v) is 12.7. The Kier molecular flexibility index (Phi) is 5.10. The molecule has 0 radical (unpaired) electrons. The van der Waals surface area contributed by atoms with Gasteiger partial charge < -0.3 is 10.5 Å². The average molecular weight is 304 g/mol. The topological polar surface area (TPSA) is 91.0 Å². The molecule has 0 aromatic carbocycles. The predicted octanol–water partition coefficient (Wildman–Crippen LogP) is 2.23. The maximum atomic E-state index is 11.6. The Bertz CT molecular complexity index is 649. The fourth-order valence-electron chi connectivity index (χ4n) is 1.66. The summed E-state index contributed by atoms with van der Waals surface area (Å²) in [6.45, 7) is 4.01. The predicted molar refractivity (Wildman–Crippen MR) is 80.9 cm³/mol. The number of esters is 1. The lowest BCUT2D eigenvalue weighted by Crippen LogP contribution is -2.10. The minimum atomic E-state index is -0.505. The van der Waals surface area contributed by atoms with Crippen LogP contribution in [0.3, 0.4) is 0 Å². The summed E-state index contributed by atoms with van der Waals surface area (Å²) in [7, 11) is 0. The van der Waals surface area contributed by atoms with Crippen LogP contribution < -0.4 is 5.73 Å². The van der Waals surface area contributed by atoms with Crippen molar-refractivity contribution in [3.05, 3.63) is 41.3 Å². The first-order valence-electron chi connectivity index (χ1n) is 6.43. The quantitative estimate of drug-likeness (QED) is 0.514. The SMILES string of the molecule is CCOC(=O)c1cnc(SCc2cncc(C)c2)nc1N. The van der Waals surface area contributed by atoms with Gasteiger partial charge >= 0.3 is 5.97 Å². The molecular formula is C14H16N4O2S. The van der Waals surface area contributed by atoms with Crippen molar-refractivity contribution in [1.29, 1.82) is 0 Å². The van der Waals surface area contributed by atoms with E-state index in [1.807, 2.05) is 6.92 Å². The summed E-state index contributed by atoms with van der Waals surface area (Å²) < 4.78 is 4.88. The van der Waals surface area contributed by atoms with E-state index in [4.69, 9.17) is 10.5 Å². The molecule has 0 unspecified atom stereocenters. The number of nitrogens with two attached hydrogens (primary N) is 1. The van der Waals surface area contributed by atoms with Crippen LogP contribution in [0.4, 0.5) is 5.82 Å². The van der Waals surface area contributed by atoms with Crippen molar-refractivity contribution in [1.82, 2.24) is 15.0 Å². The van der Waals surface area contributed by atoms with E-state index in [1.54, 1.807) is 19.3 Å². The Morgan fingerprint density at radius 3 is 2.86 bits per heavy atom. The molecule has 0 aliphatic carbocycles. The highest BCUT2D eigenvalue weighted by atomic mass is 32.2. The lowest BCUT2D eigenvalue weighted by molar-refractivity contribution is 0.0526. The van der Waals surface area contributed by atoms with E-state index in [1.165, 1.54) is 18.0 Å². The highest BCUT2D eigenvalue weighted by Gasteiger charge is 2.13. The molecule has 0 aliphatic rings. The van der Waals surface area contributed by atoms with Gasteiger partial charge in [-0.25, -0.2) is 14.8 Å². The molecule has 0 aliphatic heterocycles. The molecule has 0 saturated heterocycles. The smallest absolute Gasteiger partial charge is 0.343 e. The van der Waals surface area contributed by atoms with E-state index < -0.39 is 5.97 Å². The van der Waals surface area contributed by atoms with Crippen LogP contribution in [0.5, 0.6) is 0 Å². The van der Waals surface area contributed by atoms with E-state index >= 15 is 0 Å². The lowest BCUT2D eigenvalue weighted by Gasteiger charge is -2.06. The minimum Gasteiger partial charge on any atom is -0.462 e. The van der Waals surface area contributed by atoms with Gasteiger partial charge in [0.1, 0.15) is 11.4 Å². The first kappa shape index (κ1) is 15.2. The van der Waals surface area contributed by atoms with Crippen LogP contribution in [0.2, 0.25) is 0 Å². The number of nitrogens with zero attached hydrogens (tertiary/aromatic N) is 3. The van der Waals surface area contributed by atoms with Crippen molar-refractivity contribution in [3.63, 3.8) is 0 Å². The van der Waals surface area contributed by atoms with Crippen molar-refractivity contribution in [2.45, 2.75) is 24.8 Å². The van der Waals surface area contributed by atoms with Crippen LogP contribution in [0, 0.1) is 6.92 Å². The normalized spacial score (nSPS) is 10.4. The third kappa shape index (κ3) is 4.16. The highest BCUT2D eigenvalue weighted by Crippen LogP contribution is 2.21. The van der Waals surface area contributed by atoms with Gasteiger partial charge in [0.15, 0.2) is 5.16 Å². The molecule has 2 aromatic heterocycles. The first-order valence-corrected chi connectivity index (χ1v) is 7.41. The molecule has 2 aromatic rings. The number of nitrogen functional groups attached to an aromatic ring is 1. The van der Waals surface area contributed by atoms with Crippen LogP contribution in [0.25, 0.3) is 0 Å². The Balaban J connectivity index is 2.05. The number of pyridine rings is 1. The van der Waals surface area contributed by atoms with Gasteiger partial charge in [0.2, 0.25) is 0 Å². The summed E-state index contributed by atoms with van der Waals surface area (Å²) in [5.41, 5.74) is 8.14. The maximum Gasteiger partial charge on any atom is 0.343 e. The minimum absolute atomic E-state index is 0.133. The Morgan fingerprint density at radius 1 is 1.38 bits per heavy atom. The summed E-state index contributed by atoms with van der Waals surface area (Å²) >= 11 is 1.44. The van der Waals surface area contributed by atoms with Gasteiger partial charge in [-0.05, 0) is 25.0 Å². The Morgan fingerprint density at radius 2 is 2.19 bits per heavy atom. The Hall–Kier alpha value is -2.15. The first-order chi connectivity index (χ1) is 10.1. The van der Waals surface area contributed by atoms with Gasteiger partial charge in [-0.2, -0.15) is 0 Å². The number of anilines is 1. The van der Waals surface area contributed by atoms with Crippen molar-refractivity contribution in [2.75, 3.05) is 12.3 Å². The van der Waals surface area contributed by atoms with Gasteiger partial charge in [-0.1, -0.05) is 17.8 Å². The molecule has 0 saturated carbocycles. The second-order valence-corrected chi connectivity index (χ2v) is 5.27. The van der Waals surface area contributed by atoms with Gasteiger partial charge in [0.25, 0.3) is 0 Å². The van der Waals surface area contributed by atoms with Gasteiger partial charge in [0.05, 0.1) is 6.61 Å². The molecule has 2 heterocycles. The molecule has 6 nitrogen and oxygen atoms in total. The lowest BCUT2D eigenvalue weighted by atomic mass is 10.2. The van der Waals surface area contributed by atoms with Crippen LogP contribution in [0.15, 0.2) is 29.8 Å². The second kappa shape index (κ2) is 7.03. The monoisotopic (exact) mass is 304 g/mol. The largest absolute Gasteiger partial charge is 0.462 e. The summed E-state index contributed by atoms with van der Waals surface area (Å²) in [6, 6.07) is 2.05. The van der Waals surface area contributed by atoms with Gasteiger partial charge in [-0.15, -0.1) is 0 Å². The van der Waals surface area contributed by atoms with E-state index in [9.17, 15) is 4.79 Å². The van der Waals surface area contributed by atoms with Crippen molar-refractivity contribution in [3.8, 4) is 0 Å². The van der Waals surface area contributed by atoms with Crippen LogP contribution in [-0.2, 0) is 10.5 Å². The van der Waals surface area contributed by atoms with Gasteiger partial charge in [-0.3, -0.25) is 4.98 Å². The molecule has 0 amide bonds. The highest BCUT2D eigenvalue weighted by molar-refractivity contribution is 7.98. The molecule has 0 spiro atoms. The number of hydrogen-bond acceptors (Lipinski definition) is 7. The fraction of sp³-hybridized carbons (Fsp3) is 0.286. The molecule has 2 rings (SSSR count). The maximum absolute atomic E-state index is 11.6. The average Bonchev–Trinajstić information content (AvgIpc) is 2.45. The molecule has 0 fully saturated rings. The summed E-state index contributed by atoms with van der Waals surface area (Å²) in [4.78, 5) is 24.0. The van der Waals surface area contributed by atoms with E-state index in [2.05, 4.69) is 21.0 Å². The summed E-state index contributed by atoms with van der Waals surface area (Å²) in [5.74, 6) is 0.315. The van der Waals surface area contributed by atoms with Crippen LogP contribution in [-0.4, -0.2) is 27.5 Å². The molecule has 0 bridgehead atoms. The zero-order valence-electron chi connectivity index (χ0n) is 11.9. The van der Waals surface area contributed by atoms with Crippen molar-refractivity contribution < 1.29 is 9.53 Å². The molecule has 0 atom stereocenters. The van der Waals surface area contributed by atoms with Crippen LogP contribution >= 0.6 is 11.8 Å². The Labute approximate surface area is 127 Å². The molecular weight excluding hydrogens is 288 g/mol. The fourth-order valence-corrected chi connectivity index (χ4v) is 2.40. The number of carbonyl (C=O) groups is 1. The zero-order chi connectivity index (χ0) is 15.2. The summed E-state index contributed by atoms with van der Waals surface area (Å²) in [6.07, 6.45) is 5.00. The molecule has 7 heteroatoms. The number of aryl methyl sites for hydroxylation is 1. The third-order valence-electron chi connectivity index (χ3n) is 2.59. The second-order valence-electron chi connectivity index (χ2n) is 4.33. The number of thioether (sulfide) groups is 1. The standard InChI is InChI=1S/C14H16N4O2S/c1-3-20-13(19)11-7-17-14(18-12(11)15)21-8-10-4-9(2)5-16-6-10/h4-7H,3,8H2,1-2H3,(H2,15,17,18). The number of rotatable bonds is 5. The molecule has 2 N–H and O–H groups in total. The van der Waals surface area contributed by atoms with E-state index in [0.717, 1.165) is 11.1 Å². The number of aromatic nitrogens is 3. The van der Waals surface area contributed by atoms with Crippen molar-refractivity contribution in [2.24, 2.45) is 0 Å². The van der Waals surface area contributed by atoms with E-state index in [-0.39, 0.29) is 18.0 Å². The molecule has 110 valence electrons. The third-order valence-corrected chi connectivity index (χ3v) is 3.52. The van der Waals surface area contributed by atoms with Crippen molar-refractivity contribution >= 4 is 23.5 Å². The summed E-state index contributed by atoms with van der Waals surface area (Å²) in [5, 5.41) is 0.516. The number of ether oxygens (including phenoxy) is 1. The van der Waals surface area contributed by atoms with Crippen LogP contribution in [0.1, 0.15) is 28.4 Å². The number of hydrogen-bond donors (Lipinski definition) is 1. The van der Waals surface area contributed by atoms with Gasteiger partial charge in [0, 0.05) is 24.3 Å². The van der Waals surface area contributed by atoms with E-state index in [0.29, 0.717) is 10.9 Å². The number of carbonyl (C=O) groups excluding carboxylic acids is 1.